The van der Waals surface area contributed by atoms with Gasteiger partial charge in [0.2, 0.25) is 0 Å². The number of carbonyl (C=O) groups is 1. The molecule has 2 aliphatic rings. The zero-order chi connectivity index (χ0) is 18.1. The highest BCUT2D eigenvalue weighted by Gasteiger charge is 2.48. The van der Waals surface area contributed by atoms with Crippen LogP contribution in [-0.2, 0) is 24.2 Å². The molecular weight excluding hydrogens is 324 g/mol. The molecule has 0 spiro atoms. The lowest BCUT2D eigenvalue weighted by atomic mass is 9.90. The van der Waals surface area contributed by atoms with Crippen LogP contribution >= 0.6 is 0 Å². The molecule has 0 aromatic heterocycles. The zero-order valence-electron chi connectivity index (χ0n) is 15.4. The van der Waals surface area contributed by atoms with Crippen molar-refractivity contribution in [3.8, 4) is 0 Å². The van der Waals surface area contributed by atoms with Gasteiger partial charge in [-0.1, -0.05) is 51.2 Å². The first-order valence-electron chi connectivity index (χ1n) is 9.57. The predicted octanol–water partition coefficient (Wildman–Crippen LogP) is 4.05. The number of hydrogen-bond donors (Lipinski definition) is 1. The van der Waals surface area contributed by atoms with E-state index in [1.807, 2.05) is 6.08 Å². The standard InChI is InChI=1S/C19H32O6/c1-3-15-16(18-13-17(15)24-25-18)12-11-14(23-21)9-7-5-4-6-8-10-19(20)22-2/h11-12,14-18,21H,3-10,13H2,1-2H3/b12-11+/t14-,15-,16+,17-,18+/m1/s1. The lowest BCUT2D eigenvalue weighted by Gasteiger charge is -2.27. The molecule has 2 rings (SSSR count). The van der Waals surface area contributed by atoms with Gasteiger partial charge in [0.15, 0.2) is 0 Å². The average Bonchev–Trinajstić information content (AvgIpc) is 3.24. The number of carbonyl (C=O) groups excluding carboxylic acids is 1. The van der Waals surface area contributed by atoms with Crippen LogP contribution in [0.25, 0.3) is 0 Å². The van der Waals surface area contributed by atoms with Crippen molar-refractivity contribution in [1.29, 1.82) is 0 Å². The van der Waals surface area contributed by atoms with E-state index in [0.29, 0.717) is 18.3 Å². The van der Waals surface area contributed by atoms with Crippen LogP contribution in [0.1, 0.15) is 64.7 Å². The quantitative estimate of drug-likeness (QED) is 0.187. The topological polar surface area (TPSA) is 74.2 Å². The third-order valence-electron chi connectivity index (χ3n) is 5.42. The van der Waals surface area contributed by atoms with Crippen molar-refractivity contribution in [2.75, 3.05) is 7.11 Å². The number of fused-ring (bicyclic) bond motifs is 2. The Kier molecular flexibility index (Phi) is 8.89. The van der Waals surface area contributed by atoms with Crippen LogP contribution in [0.15, 0.2) is 12.2 Å². The van der Waals surface area contributed by atoms with Gasteiger partial charge in [0.05, 0.1) is 13.2 Å². The second-order valence-electron chi connectivity index (χ2n) is 7.07. The second kappa shape index (κ2) is 10.9. The summed E-state index contributed by atoms with van der Waals surface area (Å²) < 4.78 is 4.62. The van der Waals surface area contributed by atoms with Gasteiger partial charge in [-0.15, -0.1) is 0 Å². The SMILES string of the molecule is CC[C@@H]1[C@H](/C=C/[C@@H](CCCCCCCC(=O)OC)OO)[C@@H]2C[C@H]1OO2. The Morgan fingerprint density at radius 3 is 2.64 bits per heavy atom. The third-order valence-corrected chi connectivity index (χ3v) is 5.42. The highest BCUT2D eigenvalue weighted by Crippen LogP contribution is 2.44. The summed E-state index contributed by atoms with van der Waals surface area (Å²) in [7, 11) is 1.42. The smallest absolute Gasteiger partial charge is 0.305 e. The van der Waals surface area contributed by atoms with Crippen LogP contribution in [-0.4, -0.2) is 36.6 Å². The number of unbranched alkanes of at least 4 members (excludes halogenated alkanes) is 4. The van der Waals surface area contributed by atoms with Crippen molar-refractivity contribution in [1.82, 2.24) is 0 Å². The van der Waals surface area contributed by atoms with E-state index in [9.17, 15) is 4.79 Å². The van der Waals surface area contributed by atoms with Gasteiger partial charge >= 0.3 is 5.97 Å². The van der Waals surface area contributed by atoms with Gasteiger partial charge in [-0.05, 0) is 18.8 Å². The summed E-state index contributed by atoms with van der Waals surface area (Å²) in [5, 5.41) is 9.13. The molecule has 1 saturated heterocycles. The maximum atomic E-state index is 11.0. The molecule has 0 radical (unpaired) electrons. The fourth-order valence-corrected chi connectivity index (χ4v) is 3.93. The van der Waals surface area contributed by atoms with Gasteiger partial charge in [0.1, 0.15) is 12.2 Å². The molecule has 1 heterocycles. The van der Waals surface area contributed by atoms with E-state index < -0.39 is 0 Å². The van der Waals surface area contributed by atoms with E-state index in [4.69, 9.17) is 15.0 Å². The van der Waals surface area contributed by atoms with E-state index >= 15 is 0 Å². The first-order chi connectivity index (χ1) is 12.2. The summed E-state index contributed by atoms with van der Waals surface area (Å²) in [6, 6.07) is 0. The Morgan fingerprint density at radius 2 is 1.92 bits per heavy atom. The molecule has 1 aliphatic carbocycles. The molecule has 0 unspecified atom stereocenters. The summed E-state index contributed by atoms with van der Waals surface area (Å²) in [6.07, 6.45) is 12.5. The summed E-state index contributed by atoms with van der Waals surface area (Å²) in [5.41, 5.74) is 0. The minimum Gasteiger partial charge on any atom is -0.469 e. The normalized spacial score (nSPS) is 29.4. The van der Waals surface area contributed by atoms with Crippen molar-refractivity contribution in [2.45, 2.75) is 83.0 Å². The number of rotatable bonds is 12. The number of ether oxygens (including phenoxy) is 1. The molecule has 6 nitrogen and oxygen atoms in total. The van der Waals surface area contributed by atoms with Crippen LogP contribution in [0, 0.1) is 11.8 Å². The van der Waals surface area contributed by atoms with Crippen LogP contribution in [0.2, 0.25) is 0 Å². The molecule has 1 N–H and O–H groups in total. The summed E-state index contributed by atoms with van der Waals surface area (Å²) in [4.78, 5) is 26.3. The fraction of sp³-hybridized carbons (Fsp3) is 0.842. The van der Waals surface area contributed by atoms with E-state index in [2.05, 4.69) is 22.6 Å². The third kappa shape index (κ3) is 6.06. The van der Waals surface area contributed by atoms with Crippen molar-refractivity contribution in [3.63, 3.8) is 0 Å². The molecule has 0 amide bonds. The van der Waals surface area contributed by atoms with Gasteiger partial charge in [0, 0.05) is 18.8 Å². The number of esters is 1. The Hall–Kier alpha value is -0.950. The molecule has 6 heteroatoms. The highest BCUT2D eigenvalue weighted by atomic mass is 17.2. The summed E-state index contributed by atoms with van der Waals surface area (Å²) in [6.45, 7) is 2.18. The molecule has 144 valence electrons. The molecule has 25 heavy (non-hydrogen) atoms. The summed E-state index contributed by atoms with van der Waals surface area (Å²) >= 11 is 0. The van der Waals surface area contributed by atoms with E-state index in [1.54, 1.807) is 0 Å². The van der Waals surface area contributed by atoms with Crippen LogP contribution in [0.3, 0.4) is 0 Å². The molecule has 5 atom stereocenters. The molecule has 1 saturated carbocycles. The molecule has 2 bridgehead atoms. The van der Waals surface area contributed by atoms with Crippen LogP contribution in [0.4, 0.5) is 0 Å². The lowest BCUT2D eigenvalue weighted by Crippen LogP contribution is -2.28. The predicted molar refractivity (Wildman–Crippen MR) is 92.6 cm³/mol. The minimum atomic E-state index is -0.271. The van der Waals surface area contributed by atoms with Crippen molar-refractivity contribution < 1.29 is 29.5 Å². The van der Waals surface area contributed by atoms with Gasteiger partial charge in [-0.25, -0.2) is 14.7 Å². The highest BCUT2D eigenvalue weighted by molar-refractivity contribution is 5.68. The van der Waals surface area contributed by atoms with Crippen LogP contribution in [0.5, 0.6) is 0 Å². The van der Waals surface area contributed by atoms with E-state index in [-0.39, 0.29) is 24.3 Å². The lowest BCUT2D eigenvalue weighted by molar-refractivity contribution is -0.336. The maximum absolute atomic E-state index is 11.0. The maximum Gasteiger partial charge on any atom is 0.305 e. The fourth-order valence-electron chi connectivity index (χ4n) is 3.93. The van der Waals surface area contributed by atoms with Crippen molar-refractivity contribution in [2.24, 2.45) is 11.8 Å². The molecule has 0 aromatic rings. The molecular formula is C19H32O6. The minimum absolute atomic E-state index is 0.139. The van der Waals surface area contributed by atoms with Gasteiger partial charge < -0.3 is 4.74 Å². The monoisotopic (exact) mass is 356 g/mol. The van der Waals surface area contributed by atoms with Crippen LogP contribution < -0.4 is 0 Å². The van der Waals surface area contributed by atoms with Gasteiger partial charge in [0.25, 0.3) is 0 Å². The molecule has 2 fully saturated rings. The molecule has 0 aromatic carbocycles. The van der Waals surface area contributed by atoms with Gasteiger partial charge in [-0.2, -0.15) is 0 Å². The first kappa shape index (κ1) is 20.4. The largest absolute Gasteiger partial charge is 0.469 e. The number of methoxy groups -OCH3 is 1. The Labute approximate surface area is 150 Å². The van der Waals surface area contributed by atoms with Crippen molar-refractivity contribution >= 4 is 5.97 Å². The average molecular weight is 356 g/mol. The zero-order valence-corrected chi connectivity index (χ0v) is 15.4. The Bertz CT molecular complexity index is 424. The van der Waals surface area contributed by atoms with Gasteiger partial charge in [-0.3, -0.25) is 10.1 Å². The Morgan fingerprint density at radius 1 is 1.20 bits per heavy atom. The first-order valence-corrected chi connectivity index (χ1v) is 9.57. The Balaban J connectivity index is 1.61. The molecule has 1 aliphatic heterocycles. The van der Waals surface area contributed by atoms with E-state index in [0.717, 1.165) is 51.4 Å². The van der Waals surface area contributed by atoms with Crippen molar-refractivity contribution in [3.05, 3.63) is 12.2 Å². The van der Waals surface area contributed by atoms with E-state index in [1.165, 1.54) is 7.11 Å². The summed E-state index contributed by atoms with van der Waals surface area (Å²) in [5.74, 6) is 0.697. The number of hydrogen-bond acceptors (Lipinski definition) is 6. The second-order valence-corrected chi connectivity index (χ2v) is 7.07.